The molecule has 0 aliphatic heterocycles. The summed E-state index contributed by atoms with van der Waals surface area (Å²) in [5.74, 6) is 2.56. The highest BCUT2D eigenvalue weighted by Crippen LogP contribution is 2.38. The molecule has 2 aromatic rings. The first-order valence-electron chi connectivity index (χ1n) is 7.12. The SMILES string of the molecule is Cc1cc(C)c(C#N)c(NCCc2noc(C3CC3)n2)n1. The highest BCUT2D eigenvalue weighted by molar-refractivity contribution is 5.56. The summed E-state index contributed by atoms with van der Waals surface area (Å²) in [5.41, 5.74) is 2.42. The number of nitrogens with one attached hydrogen (secondary N) is 1. The second kappa shape index (κ2) is 5.52. The first kappa shape index (κ1) is 13.6. The molecule has 0 spiro atoms. The smallest absolute Gasteiger partial charge is 0.229 e. The van der Waals surface area contributed by atoms with Crippen molar-refractivity contribution in [3.05, 3.63) is 34.6 Å². The first-order valence-corrected chi connectivity index (χ1v) is 7.12. The second-order valence-corrected chi connectivity index (χ2v) is 5.42. The number of aryl methyl sites for hydroxylation is 2. The molecule has 2 heterocycles. The van der Waals surface area contributed by atoms with Crippen molar-refractivity contribution in [1.82, 2.24) is 15.1 Å². The number of nitrogens with zero attached hydrogens (tertiary/aromatic N) is 4. The van der Waals surface area contributed by atoms with E-state index in [0.717, 1.165) is 30.0 Å². The third-order valence-corrected chi connectivity index (χ3v) is 3.51. The summed E-state index contributed by atoms with van der Waals surface area (Å²) in [4.78, 5) is 8.76. The maximum Gasteiger partial charge on any atom is 0.229 e. The lowest BCUT2D eigenvalue weighted by atomic mass is 10.1. The molecular formula is C15H17N5O. The molecule has 108 valence electrons. The largest absolute Gasteiger partial charge is 0.369 e. The monoisotopic (exact) mass is 283 g/mol. The topological polar surface area (TPSA) is 87.6 Å². The third kappa shape index (κ3) is 3.02. The number of rotatable bonds is 5. The Morgan fingerprint density at radius 2 is 2.19 bits per heavy atom. The van der Waals surface area contributed by atoms with Gasteiger partial charge in [0.25, 0.3) is 0 Å². The van der Waals surface area contributed by atoms with Crippen LogP contribution in [0.2, 0.25) is 0 Å². The minimum Gasteiger partial charge on any atom is -0.369 e. The van der Waals surface area contributed by atoms with E-state index in [9.17, 15) is 5.26 Å². The highest BCUT2D eigenvalue weighted by Gasteiger charge is 2.29. The lowest BCUT2D eigenvalue weighted by molar-refractivity contribution is 0.374. The maximum absolute atomic E-state index is 9.21. The molecule has 1 N–H and O–H groups in total. The molecular weight excluding hydrogens is 266 g/mol. The van der Waals surface area contributed by atoms with Crippen molar-refractivity contribution in [3.8, 4) is 6.07 Å². The number of hydrogen-bond acceptors (Lipinski definition) is 6. The second-order valence-electron chi connectivity index (χ2n) is 5.42. The number of nitriles is 1. The van der Waals surface area contributed by atoms with Crippen LogP contribution in [0.25, 0.3) is 0 Å². The average molecular weight is 283 g/mol. The van der Waals surface area contributed by atoms with Gasteiger partial charge in [0.05, 0.1) is 5.56 Å². The Labute approximate surface area is 123 Å². The number of pyridine rings is 1. The molecule has 3 rings (SSSR count). The Morgan fingerprint density at radius 3 is 2.90 bits per heavy atom. The van der Waals surface area contributed by atoms with Gasteiger partial charge in [0, 0.05) is 24.6 Å². The molecule has 0 bridgehead atoms. The fraction of sp³-hybridized carbons (Fsp3) is 0.467. The van der Waals surface area contributed by atoms with Crippen molar-refractivity contribution in [2.24, 2.45) is 0 Å². The van der Waals surface area contributed by atoms with Gasteiger partial charge in [0.2, 0.25) is 5.89 Å². The molecule has 1 aliphatic rings. The summed E-state index contributed by atoms with van der Waals surface area (Å²) in [5, 5.41) is 16.4. The van der Waals surface area contributed by atoms with Crippen LogP contribution < -0.4 is 5.32 Å². The third-order valence-electron chi connectivity index (χ3n) is 3.51. The predicted molar refractivity (Wildman–Crippen MR) is 76.9 cm³/mol. The van der Waals surface area contributed by atoms with Crippen LogP contribution in [0.3, 0.4) is 0 Å². The van der Waals surface area contributed by atoms with Gasteiger partial charge in [-0.3, -0.25) is 0 Å². The lowest BCUT2D eigenvalue weighted by Crippen LogP contribution is -2.10. The van der Waals surface area contributed by atoms with E-state index >= 15 is 0 Å². The molecule has 0 amide bonds. The Bertz CT molecular complexity index is 697. The fourth-order valence-corrected chi connectivity index (χ4v) is 2.26. The standard InChI is InChI=1S/C15H17N5O/c1-9-7-10(2)18-14(12(9)8-16)17-6-5-13-19-15(21-20-13)11-3-4-11/h7,11H,3-6H2,1-2H3,(H,17,18). The van der Waals surface area contributed by atoms with Gasteiger partial charge >= 0.3 is 0 Å². The predicted octanol–water partition coefficient (Wildman–Crippen LogP) is 2.49. The summed E-state index contributed by atoms with van der Waals surface area (Å²) >= 11 is 0. The van der Waals surface area contributed by atoms with Gasteiger partial charge in [-0.05, 0) is 38.3 Å². The Kier molecular flexibility index (Phi) is 3.57. The van der Waals surface area contributed by atoms with Crippen molar-refractivity contribution in [1.29, 1.82) is 5.26 Å². The zero-order valence-corrected chi connectivity index (χ0v) is 12.2. The normalized spacial score (nSPS) is 14.0. The maximum atomic E-state index is 9.21. The van der Waals surface area contributed by atoms with Crippen molar-refractivity contribution < 1.29 is 4.52 Å². The average Bonchev–Trinajstić information content (AvgIpc) is 3.19. The van der Waals surface area contributed by atoms with Gasteiger partial charge in [-0.15, -0.1) is 0 Å². The highest BCUT2D eigenvalue weighted by atomic mass is 16.5. The summed E-state index contributed by atoms with van der Waals surface area (Å²) in [6.45, 7) is 4.45. The minimum absolute atomic E-state index is 0.477. The van der Waals surface area contributed by atoms with Gasteiger partial charge in [0.15, 0.2) is 5.82 Å². The number of anilines is 1. The molecule has 1 fully saturated rings. The molecule has 0 atom stereocenters. The Morgan fingerprint density at radius 1 is 1.38 bits per heavy atom. The van der Waals surface area contributed by atoms with E-state index in [4.69, 9.17) is 4.52 Å². The zero-order chi connectivity index (χ0) is 14.8. The molecule has 1 aliphatic carbocycles. The van der Waals surface area contributed by atoms with E-state index in [2.05, 4.69) is 26.5 Å². The molecule has 0 aromatic carbocycles. The molecule has 0 saturated heterocycles. The van der Waals surface area contributed by atoms with Crippen molar-refractivity contribution >= 4 is 5.82 Å². The van der Waals surface area contributed by atoms with Gasteiger partial charge < -0.3 is 9.84 Å². The Hall–Kier alpha value is -2.42. The number of hydrogen-bond donors (Lipinski definition) is 1. The summed E-state index contributed by atoms with van der Waals surface area (Å²) in [7, 11) is 0. The van der Waals surface area contributed by atoms with Crippen LogP contribution in [0.15, 0.2) is 10.6 Å². The molecule has 1 saturated carbocycles. The molecule has 0 unspecified atom stereocenters. The Balaban J connectivity index is 1.63. The van der Waals surface area contributed by atoms with Crippen molar-refractivity contribution in [2.45, 2.75) is 39.0 Å². The number of aromatic nitrogens is 3. The van der Waals surface area contributed by atoms with Gasteiger partial charge in [-0.25, -0.2) is 4.98 Å². The first-order chi connectivity index (χ1) is 10.2. The van der Waals surface area contributed by atoms with Crippen LogP contribution in [-0.2, 0) is 6.42 Å². The quantitative estimate of drug-likeness (QED) is 0.907. The molecule has 21 heavy (non-hydrogen) atoms. The molecule has 0 radical (unpaired) electrons. The van der Waals surface area contributed by atoms with E-state index in [1.807, 2.05) is 19.9 Å². The van der Waals surface area contributed by atoms with Crippen LogP contribution in [0.1, 0.15) is 47.3 Å². The van der Waals surface area contributed by atoms with Crippen LogP contribution in [0.4, 0.5) is 5.82 Å². The summed E-state index contributed by atoms with van der Waals surface area (Å²) in [6.07, 6.45) is 2.95. The van der Waals surface area contributed by atoms with Gasteiger partial charge in [-0.2, -0.15) is 10.2 Å². The zero-order valence-electron chi connectivity index (χ0n) is 12.2. The van der Waals surface area contributed by atoms with Crippen molar-refractivity contribution in [2.75, 3.05) is 11.9 Å². The fourth-order valence-electron chi connectivity index (χ4n) is 2.26. The van der Waals surface area contributed by atoms with E-state index in [1.54, 1.807) is 0 Å². The molecule has 6 heteroatoms. The van der Waals surface area contributed by atoms with Crippen LogP contribution >= 0.6 is 0 Å². The van der Waals surface area contributed by atoms with Crippen molar-refractivity contribution in [3.63, 3.8) is 0 Å². The van der Waals surface area contributed by atoms with Gasteiger partial charge in [0.1, 0.15) is 11.9 Å². The van der Waals surface area contributed by atoms with E-state index in [-0.39, 0.29) is 0 Å². The van der Waals surface area contributed by atoms with Gasteiger partial charge in [-0.1, -0.05) is 5.16 Å². The molecule has 6 nitrogen and oxygen atoms in total. The van der Waals surface area contributed by atoms with E-state index < -0.39 is 0 Å². The van der Waals surface area contributed by atoms with E-state index in [1.165, 1.54) is 0 Å². The van der Waals surface area contributed by atoms with E-state index in [0.29, 0.717) is 36.1 Å². The van der Waals surface area contributed by atoms with Crippen LogP contribution in [-0.4, -0.2) is 21.7 Å². The lowest BCUT2D eigenvalue weighted by Gasteiger charge is -2.09. The minimum atomic E-state index is 0.477. The summed E-state index contributed by atoms with van der Waals surface area (Å²) in [6, 6.07) is 4.10. The molecule has 2 aromatic heterocycles. The summed E-state index contributed by atoms with van der Waals surface area (Å²) < 4.78 is 5.22. The van der Waals surface area contributed by atoms with Crippen LogP contribution in [0, 0.1) is 25.2 Å². The van der Waals surface area contributed by atoms with Crippen LogP contribution in [0.5, 0.6) is 0 Å².